The van der Waals surface area contributed by atoms with E-state index < -0.39 is 5.91 Å². The summed E-state index contributed by atoms with van der Waals surface area (Å²) < 4.78 is 5.01. The van der Waals surface area contributed by atoms with Crippen molar-refractivity contribution in [1.82, 2.24) is 10.2 Å². The van der Waals surface area contributed by atoms with Gasteiger partial charge in [0, 0.05) is 6.54 Å². The maximum Gasteiger partial charge on any atom is 0.253 e. The molecule has 2 amide bonds. The van der Waals surface area contributed by atoms with E-state index in [4.69, 9.17) is 16.3 Å². The fourth-order valence-corrected chi connectivity index (χ4v) is 2.66. The highest BCUT2D eigenvalue weighted by molar-refractivity contribution is 6.34. The van der Waals surface area contributed by atoms with Crippen LogP contribution in [0.25, 0.3) is 0 Å². The molecule has 0 unspecified atom stereocenters. The van der Waals surface area contributed by atoms with E-state index in [9.17, 15) is 14.4 Å². The normalized spacial score (nSPS) is 17.2. The first-order valence-corrected chi connectivity index (χ1v) is 7.31. The molecule has 1 atom stereocenters. The maximum atomic E-state index is 12.1. The predicted molar refractivity (Wildman–Crippen MR) is 81.1 cm³/mol. The molecular weight excluding hydrogens is 308 g/mol. The van der Waals surface area contributed by atoms with Crippen molar-refractivity contribution in [3.05, 3.63) is 28.8 Å². The van der Waals surface area contributed by atoms with Crippen molar-refractivity contribution in [3.63, 3.8) is 0 Å². The minimum Gasteiger partial charge on any atom is -0.497 e. The molecule has 7 heteroatoms. The van der Waals surface area contributed by atoms with Gasteiger partial charge in [-0.3, -0.25) is 9.59 Å². The average Bonchev–Trinajstić information content (AvgIpc) is 3.00. The molecule has 6 nitrogen and oxygen atoms in total. The summed E-state index contributed by atoms with van der Waals surface area (Å²) in [6, 6.07) is 4.30. The Morgan fingerprint density at radius 3 is 2.91 bits per heavy atom. The van der Waals surface area contributed by atoms with Crippen LogP contribution in [0, 0.1) is 0 Å². The Labute approximate surface area is 133 Å². The SMILES string of the molecule is COc1ccc(C(=O)NCC(=O)N2CCC[C@H]2C=O)c(Cl)c1. The number of halogens is 1. The van der Waals surface area contributed by atoms with Crippen LogP contribution in [-0.2, 0) is 9.59 Å². The van der Waals surface area contributed by atoms with E-state index in [0.29, 0.717) is 18.7 Å². The van der Waals surface area contributed by atoms with E-state index in [1.165, 1.54) is 24.1 Å². The zero-order valence-electron chi connectivity index (χ0n) is 12.2. The van der Waals surface area contributed by atoms with Crippen molar-refractivity contribution < 1.29 is 19.1 Å². The van der Waals surface area contributed by atoms with Crippen molar-refractivity contribution in [2.75, 3.05) is 20.2 Å². The molecule has 0 aliphatic carbocycles. The zero-order chi connectivity index (χ0) is 16.1. The first-order valence-electron chi connectivity index (χ1n) is 6.93. The monoisotopic (exact) mass is 324 g/mol. The van der Waals surface area contributed by atoms with Crippen LogP contribution in [0.2, 0.25) is 5.02 Å². The van der Waals surface area contributed by atoms with Crippen molar-refractivity contribution in [2.24, 2.45) is 0 Å². The fourth-order valence-electron chi connectivity index (χ4n) is 2.40. The lowest BCUT2D eigenvalue weighted by atomic mass is 10.2. The third kappa shape index (κ3) is 3.57. The van der Waals surface area contributed by atoms with Crippen LogP contribution in [0.3, 0.4) is 0 Å². The van der Waals surface area contributed by atoms with E-state index in [-0.39, 0.29) is 29.1 Å². The molecule has 1 aromatic rings. The van der Waals surface area contributed by atoms with Gasteiger partial charge in [-0.25, -0.2) is 0 Å². The average molecular weight is 325 g/mol. The molecule has 118 valence electrons. The van der Waals surface area contributed by atoms with Gasteiger partial charge in [-0.05, 0) is 31.0 Å². The Hall–Kier alpha value is -2.08. The zero-order valence-corrected chi connectivity index (χ0v) is 12.9. The highest BCUT2D eigenvalue weighted by atomic mass is 35.5. The number of aldehydes is 1. The summed E-state index contributed by atoms with van der Waals surface area (Å²) in [5.74, 6) is -0.168. The van der Waals surface area contributed by atoms with Crippen LogP contribution in [0.5, 0.6) is 5.75 Å². The van der Waals surface area contributed by atoms with E-state index >= 15 is 0 Å². The second-order valence-electron chi connectivity index (χ2n) is 4.96. The van der Waals surface area contributed by atoms with Gasteiger partial charge in [0.1, 0.15) is 12.0 Å². The molecule has 0 bridgehead atoms. The minimum absolute atomic E-state index is 0.161. The van der Waals surface area contributed by atoms with Crippen molar-refractivity contribution in [2.45, 2.75) is 18.9 Å². The second-order valence-corrected chi connectivity index (χ2v) is 5.37. The molecule has 0 radical (unpaired) electrons. The van der Waals surface area contributed by atoms with Crippen LogP contribution in [0.4, 0.5) is 0 Å². The second kappa shape index (κ2) is 7.26. The number of amides is 2. The largest absolute Gasteiger partial charge is 0.497 e. The molecule has 1 fully saturated rings. The van der Waals surface area contributed by atoms with E-state index in [1.807, 2.05) is 0 Å². The van der Waals surface area contributed by atoms with Gasteiger partial charge in [0.2, 0.25) is 5.91 Å². The topological polar surface area (TPSA) is 75.7 Å². The third-order valence-electron chi connectivity index (χ3n) is 3.60. The molecule has 1 aliphatic heterocycles. The summed E-state index contributed by atoms with van der Waals surface area (Å²) in [6.45, 7) is 0.382. The number of carbonyl (C=O) groups excluding carboxylic acids is 3. The number of nitrogens with zero attached hydrogens (tertiary/aromatic N) is 1. The van der Waals surface area contributed by atoms with Crippen LogP contribution in [0.1, 0.15) is 23.2 Å². The number of likely N-dealkylation sites (tertiary alicyclic amines) is 1. The Bertz CT molecular complexity index is 591. The number of nitrogens with one attached hydrogen (secondary N) is 1. The molecule has 22 heavy (non-hydrogen) atoms. The quantitative estimate of drug-likeness (QED) is 0.828. The number of hydrogen-bond acceptors (Lipinski definition) is 4. The summed E-state index contributed by atoms with van der Waals surface area (Å²) in [5.41, 5.74) is 0.267. The number of methoxy groups -OCH3 is 1. The molecule has 0 spiro atoms. The molecular formula is C15H17ClN2O4. The van der Waals surface area contributed by atoms with Gasteiger partial charge in [0.05, 0.1) is 30.3 Å². The molecule has 0 aromatic heterocycles. The Morgan fingerprint density at radius 1 is 1.50 bits per heavy atom. The summed E-state index contributed by atoms with van der Waals surface area (Å²) in [4.78, 5) is 36.5. The number of ether oxygens (including phenoxy) is 1. The summed E-state index contributed by atoms with van der Waals surface area (Å²) in [5, 5.41) is 2.77. The minimum atomic E-state index is -0.442. The number of carbonyl (C=O) groups is 3. The van der Waals surface area contributed by atoms with Crippen LogP contribution >= 0.6 is 11.6 Å². The maximum absolute atomic E-state index is 12.1. The van der Waals surface area contributed by atoms with E-state index in [2.05, 4.69) is 5.32 Å². The van der Waals surface area contributed by atoms with Crippen molar-refractivity contribution in [1.29, 1.82) is 0 Å². The van der Waals surface area contributed by atoms with Gasteiger partial charge in [-0.1, -0.05) is 11.6 Å². The smallest absolute Gasteiger partial charge is 0.253 e. The Balaban J connectivity index is 1.95. The van der Waals surface area contributed by atoms with Gasteiger partial charge < -0.3 is 19.7 Å². The van der Waals surface area contributed by atoms with Crippen LogP contribution < -0.4 is 10.1 Å². The van der Waals surface area contributed by atoms with Crippen LogP contribution in [-0.4, -0.2) is 49.2 Å². The predicted octanol–water partition coefficient (Wildman–Crippen LogP) is 1.27. The summed E-state index contributed by atoms with van der Waals surface area (Å²) in [6.07, 6.45) is 2.24. The highest BCUT2D eigenvalue weighted by Gasteiger charge is 2.28. The Morgan fingerprint density at radius 2 is 2.27 bits per heavy atom. The van der Waals surface area contributed by atoms with Gasteiger partial charge in [0.25, 0.3) is 5.91 Å². The number of rotatable bonds is 5. The number of benzene rings is 1. The van der Waals surface area contributed by atoms with Gasteiger partial charge in [-0.2, -0.15) is 0 Å². The van der Waals surface area contributed by atoms with E-state index in [1.54, 1.807) is 6.07 Å². The lowest BCUT2D eigenvalue weighted by molar-refractivity contribution is -0.133. The van der Waals surface area contributed by atoms with Gasteiger partial charge in [0.15, 0.2) is 0 Å². The first-order chi connectivity index (χ1) is 10.6. The molecule has 1 aromatic carbocycles. The fraction of sp³-hybridized carbons (Fsp3) is 0.400. The number of hydrogen-bond donors (Lipinski definition) is 1. The molecule has 1 N–H and O–H groups in total. The lowest BCUT2D eigenvalue weighted by Crippen LogP contribution is -2.43. The molecule has 1 saturated heterocycles. The summed E-state index contributed by atoms with van der Waals surface area (Å²) in [7, 11) is 1.50. The standard InChI is InChI=1S/C15H17ClN2O4/c1-22-11-4-5-12(13(16)7-11)15(21)17-8-14(20)18-6-2-3-10(18)9-19/h4-5,7,9-10H,2-3,6,8H2,1H3,(H,17,21)/t10-/m0/s1. The van der Waals surface area contributed by atoms with Gasteiger partial charge in [-0.15, -0.1) is 0 Å². The molecule has 1 heterocycles. The van der Waals surface area contributed by atoms with Crippen molar-refractivity contribution in [3.8, 4) is 5.75 Å². The summed E-state index contributed by atoms with van der Waals surface area (Å²) >= 11 is 6.01. The third-order valence-corrected chi connectivity index (χ3v) is 3.91. The Kier molecular flexibility index (Phi) is 5.38. The van der Waals surface area contributed by atoms with Crippen molar-refractivity contribution >= 4 is 29.7 Å². The van der Waals surface area contributed by atoms with Gasteiger partial charge >= 0.3 is 0 Å². The molecule has 0 saturated carbocycles. The molecule has 2 rings (SSSR count). The van der Waals surface area contributed by atoms with Crippen LogP contribution in [0.15, 0.2) is 18.2 Å². The highest BCUT2D eigenvalue weighted by Crippen LogP contribution is 2.22. The lowest BCUT2D eigenvalue weighted by Gasteiger charge is -2.20. The van der Waals surface area contributed by atoms with E-state index in [0.717, 1.165) is 12.7 Å². The first kappa shape index (κ1) is 16.3. The molecule has 1 aliphatic rings.